The van der Waals surface area contributed by atoms with Crippen LogP contribution in [0.15, 0.2) is 0 Å². The molecule has 2 saturated heterocycles. The summed E-state index contributed by atoms with van der Waals surface area (Å²) >= 11 is 0. The van der Waals surface area contributed by atoms with Gasteiger partial charge in [-0.1, -0.05) is 6.92 Å². The monoisotopic (exact) mass is 314 g/mol. The Hall–Kier alpha value is -1.71. The molecule has 3 rings (SSSR count). The second kappa shape index (κ2) is 6.81. The smallest absolute Gasteiger partial charge is 0.169 e. The van der Waals surface area contributed by atoms with E-state index in [1.54, 1.807) is 0 Å². The van der Waals surface area contributed by atoms with E-state index >= 15 is 0 Å². The lowest BCUT2D eigenvalue weighted by molar-refractivity contribution is 0.107. The Balaban J connectivity index is 1.69. The number of nitrogens with zero attached hydrogens (tertiary/aromatic N) is 6. The van der Waals surface area contributed by atoms with Gasteiger partial charge in [-0.2, -0.15) is 10.4 Å². The Morgan fingerprint density at radius 2 is 1.87 bits per heavy atom. The Bertz CT molecular complexity index is 600. The fourth-order valence-corrected chi connectivity index (χ4v) is 3.63. The van der Waals surface area contributed by atoms with Crippen LogP contribution in [0.25, 0.3) is 0 Å². The molecule has 1 aromatic heterocycles. The number of hydrogen-bond acceptors (Lipinski definition) is 6. The van der Waals surface area contributed by atoms with Gasteiger partial charge in [-0.15, -0.1) is 5.10 Å². The number of likely N-dealkylation sites (N-methyl/N-ethyl adjacent to an activating group) is 1. The van der Waals surface area contributed by atoms with Crippen LogP contribution >= 0.6 is 0 Å². The minimum absolute atomic E-state index is 0.573. The van der Waals surface area contributed by atoms with Crippen molar-refractivity contribution in [2.24, 2.45) is 0 Å². The summed E-state index contributed by atoms with van der Waals surface area (Å²) in [7, 11) is 0. The minimum atomic E-state index is 0.573. The van der Waals surface area contributed by atoms with E-state index in [2.05, 4.69) is 37.9 Å². The SMILES string of the molecule is CCN1CCN(C2CCN(c3nnc(C)c(C)c3C#N)C2)CC1. The van der Waals surface area contributed by atoms with Crippen LogP contribution in [0.1, 0.15) is 30.2 Å². The summed E-state index contributed by atoms with van der Waals surface area (Å²) in [5.74, 6) is 0.769. The molecule has 3 heterocycles. The van der Waals surface area contributed by atoms with E-state index in [-0.39, 0.29) is 0 Å². The van der Waals surface area contributed by atoms with Crippen molar-refractivity contribution in [2.75, 3.05) is 50.7 Å². The summed E-state index contributed by atoms with van der Waals surface area (Å²) in [6, 6.07) is 2.90. The Kier molecular flexibility index (Phi) is 4.79. The van der Waals surface area contributed by atoms with Gasteiger partial charge in [-0.3, -0.25) is 4.90 Å². The molecule has 1 unspecified atom stereocenters. The third-order valence-corrected chi connectivity index (χ3v) is 5.38. The molecule has 0 saturated carbocycles. The van der Waals surface area contributed by atoms with Gasteiger partial charge in [0.1, 0.15) is 11.6 Å². The number of hydrogen-bond donors (Lipinski definition) is 0. The highest BCUT2D eigenvalue weighted by Gasteiger charge is 2.31. The van der Waals surface area contributed by atoms with Crippen LogP contribution in [-0.2, 0) is 0 Å². The highest BCUT2D eigenvalue weighted by molar-refractivity contribution is 5.58. The third-order valence-electron chi connectivity index (χ3n) is 5.38. The van der Waals surface area contributed by atoms with Gasteiger partial charge < -0.3 is 9.80 Å². The summed E-state index contributed by atoms with van der Waals surface area (Å²) < 4.78 is 0. The topological polar surface area (TPSA) is 59.3 Å². The molecule has 0 radical (unpaired) electrons. The van der Waals surface area contributed by atoms with E-state index < -0.39 is 0 Å². The molecule has 2 aliphatic heterocycles. The van der Waals surface area contributed by atoms with E-state index in [1.807, 2.05) is 13.8 Å². The summed E-state index contributed by atoms with van der Waals surface area (Å²) in [6.45, 7) is 13.8. The summed E-state index contributed by atoms with van der Waals surface area (Å²) in [4.78, 5) is 7.35. The highest BCUT2D eigenvalue weighted by Crippen LogP contribution is 2.26. The molecule has 1 aromatic rings. The quantitative estimate of drug-likeness (QED) is 0.835. The number of rotatable bonds is 3. The molecule has 6 nitrogen and oxygen atoms in total. The zero-order valence-electron chi connectivity index (χ0n) is 14.4. The van der Waals surface area contributed by atoms with Crippen LogP contribution in [0, 0.1) is 25.2 Å². The first-order valence-corrected chi connectivity index (χ1v) is 8.59. The molecule has 0 aliphatic carbocycles. The van der Waals surface area contributed by atoms with Gasteiger partial charge in [0.05, 0.1) is 5.69 Å². The number of nitriles is 1. The van der Waals surface area contributed by atoms with E-state index in [9.17, 15) is 5.26 Å². The first-order valence-electron chi connectivity index (χ1n) is 8.59. The zero-order valence-corrected chi connectivity index (χ0v) is 14.4. The molecule has 0 aromatic carbocycles. The summed E-state index contributed by atoms with van der Waals surface area (Å²) in [6.07, 6.45) is 1.14. The van der Waals surface area contributed by atoms with E-state index in [1.165, 1.54) is 13.1 Å². The van der Waals surface area contributed by atoms with Gasteiger partial charge >= 0.3 is 0 Å². The molecular weight excluding hydrogens is 288 g/mol. The van der Waals surface area contributed by atoms with E-state index in [0.29, 0.717) is 11.6 Å². The van der Waals surface area contributed by atoms with E-state index in [4.69, 9.17) is 0 Å². The van der Waals surface area contributed by atoms with Crippen LogP contribution in [0.4, 0.5) is 5.82 Å². The molecule has 2 fully saturated rings. The van der Waals surface area contributed by atoms with Crippen molar-refractivity contribution in [3.05, 3.63) is 16.8 Å². The molecule has 2 aliphatic rings. The standard InChI is InChI=1S/C17H26N6/c1-4-21-7-9-22(10-8-21)15-5-6-23(12-15)17-16(11-18)13(2)14(3)19-20-17/h15H,4-10,12H2,1-3H3. The van der Waals surface area contributed by atoms with Crippen LogP contribution in [0.3, 0.4) is 0 Å². The summed E-state index contributed by atoms with van der Waals surface area (Å²) in [5.41, 5.74) is 2.49. The van der Waals surface area contributed by atoms with Crippen molar-refractivity contribution in [1.82, 2.24) is 20.0 Å². The highest BCUT2D eigenvalue weighted by atomic mass is 15.3. The second-order valence-corrected chi connectivity index (χ2v) is 6.58. The van der Waals surface area contributed by atoms with Crippen molar-refractivity contribution in [3.63, 3.8) is 0 Å². The van der Waals surface area contributed by atoms with Crippen LogP contribution < -0.4 is 4.90 Å². The Labute approximate surface area is 138 Å². The van der Waals surface area contributed by atoms with Gasteiger partial charge in [0, 0.05) is 45.3 Å². The molecule has 0 spiro atoms. The van der Waals surface area contributed by atoms with Crippen molar-refractivity contribution in [2.45, 2.75) is 33.2 Å². The lowest BCUT2D eigenvalue weighted by Gasteiger charge is -2.37. The van der Waals surface area contributed by atoms with Crippen molar-refractivity contribution in [1.29, 1.82) is 5.26 Å². The number of aromatic nitrogens is 2. The fourth-order valence-electron chi connectivity index (χ4n) is 3.63. The van der Waals surface area contributed by atoms with Gasteiger partial charge in [-0.05, 0) is 32.4 Å². The maximum absolute atomic E-state index is 9.49. The molecule has 124 valence electrons. The molecule has 0 N–H and O–H groups in total. The first kappa shape index (κ1) is 16.2. The molecule has 0 bridgehead atoms. The molecule has 0 amide bonds. The van der Waals surface area contributed by atoms with Crippen molar-refractivity contribution < 1.29 is 0 Å². The number of aryl methyl sites for hydroxylation is 1. The van der Waals surface area contributed by atoms with Crippen molar-refractivity contribution >= 4 is 5.82 Å². The van der Waals surface area contributed by atoms with E-state index in [0.717, 1.165) is 56.2 Å². The summed E-state index contributed by atoms with van der Waals surface area (Å²) in [5, 5.41) is 18.0. The number of anilines is 1. The zero-order chi connectivity index (χ0) is 16.4. The molecule has 23 heavy (non-hydrogen) atoms. The van der Waals surface area contributed by atoms with Crippen LogP contribution in [0.5, 0.6) is 0 Å². The largest absolute Gasteiger partial charge is 0.352 e. The van der Waals surface area contributed by atoms with Gasteiger partial charge in [0.2, 0.25) is 0 Å². The van der Waals surface area contributed by atoms with Crippen LogP contribution in [-0.4, -0.2) is 71.9 Å². The normalized spacial score (nSPS) is 23.2. The maximum atomic E-state index is 9.49. The predicted octanol–water partition coefficient (Wildman–Crippen LogP) is 1.18. The predicted molar refractivity (Wildman–Crippen MR) is 90.5 cm³/mol. The first-order chi connectivity index (χ1) is 11.1. The van der Waals surface area contributed by atoms with Crippen molar-refractivity contribution in [3.8, 4) is 6.07 Å². The maximum Gasteiger partial charge on any atom is 0.169 e. The van der Waals surface area contributed by atoms with Gasteiger partial charge in [0.25, 0.3) is 0 Å². The Morgan fingerprint density at radius 1 is 1.13 bits per heavy atom. The third kappa shape index (κ3) is 3.17. The Morgan fingerprint density at radius 3 is 2.52 bits per heavy atom. The second-order valence-electron chi connectivity index (χ2n) is 6.58. The molecular formula is C17H26N6. The average Bonchev–Trinajstić information content (AvgIpc) is 3.07. The minimum Gasteiger partial charge on any atom is -0.352 e. The lowest BCUT2D eigenvalue weighted by Crippen LogP contribution is -2.50. The average molecular weight is 314 g/mol. The molecule has 1 atom stereocenters. The van der Waals surface area contributed by atoms with Gasteiger partial charge in [0.15, 0.2) is 5.82 Å². The van der Waals surface area contributed by atoms with Gasteiger partial charge in [-0.25, -0.2) is 0 Å². The fraction of sp³-hybridized carbons (Fsp3) is 0.706. The van der Waals surface area contributed by atoms with Crippen LogP contribution in [0.2, 0.25) is 0 Å². The number of piperazine rings is 1. The lowest BCUT2D eigenvalue weighted by atomic mass is 10.1. The molecule has 6 heteroatoms.